The van der Waals surface area contributed by atoms with Crippen LogP contribution in [0.15, 0.2) is 101 Å². The van der Waals surface area contributed by atoms with Crippen molar-refractivity contribution >= 4 is 56.3 Å². The fourth-order valence-electron chi connectivity index (χ4n) is 4.61. The van der Waals surface area contributed by atoms with Crippen LogP contribution in [-0.2, 0) is 6.54 Å². The summed E-state index contributed by atoms with van der Waals surface area (Å²) in [4.78, 5) is 14.5. The lowest BCUT2D eigenvalue weighted by Crippen LogP contribution is -3.00. The minimum atomic E-state index is -0.356. The molecule has 1 aliphatic rings. The average molecular weight is 668 g/mol. The summed E-state index contributed by atoms with van der Waals surface area (Å²) in [6, 6.07) is 23.8. The van der Waals surface area contributed by atoms with Gasteiger partial charge in [0.25, 0.3) is 10.7 Å². The number of non-ortho nitro benzene ring substituents is 1. The van der Waals surface area contributed by atoms with Gasteiger partial charge in [-0.25, -0.2) is 0 Å². The van der Waals surface area contributed by atoms with E-state index >= 15 is 0 Å². The van der Waals surface area contributed by atoms with E-state index in [-0.39, 0.29) is 34.6 Å². The second-order valence-corrected chi connectivity index (χ2v) is 11.2. The third-order valence-corrected chi connectivity index (χ3v) is 8.65. The van der Waals surface area contributed by atoms with E-state index in [2.05, 4.69) is 96.1 Å². The largest absolute Gasteiger partial charge is 1.00 e. The van der Waals surface area contributed by atoms with Gasteiger partial charge in [0, 0.05) is 42.1 Å². The van der Waals surface area contributed by atoms with Crippen LogP contribution in [0.4, 0.5) is 11.4 Å². The Balaban J connectivity index is 0.00000353. The van der Waals surface area contributed by atoms with Crippen molar-refractivity contribution in [3.8, 4) is 0 Å². The summed E-state index contributed by atoms with van der Waals surface area (Å²) in [6.45, 7) is 6.29. The highest BCUT2D eigenvalue weighted by molar-refractivity contribution is 8.03. The molecular formula is C31H30IN3O2S2. The minimum absolute atomic E-state index is 0. The molecule has 0 radical (unpaired) electrons. The van der Waals surface area contributed by atoms with E-state index in [1.54, 1.807) is 35.2 Å². The fourth-order valence-corrected chi connectivity index (χ4v) is 6.79. The number of nitro benzene ring substituents is 1. The summed E-state index contributed by atoms with van der Waals surface area (Å²) in [5.41, 5.74) is 4.53. The van der Waals surface area contributed by atoms with Gasteiger partial charge in [-0.2, -0.15) is 4.57 Å². The van der Waals surface area contributed by atoms with E-state index in [1.807, 2.05) is 12.1 Å². The molecule has 200 valence electrons. The number of allylic oxidation sites excluding steroid dienone is 4. The number of thioether (sulfide) groups is 1. The third kappa shape index (κ3) is 6.45. The first kappa shape index (κ1) is 29.0. The Labute approximate surface area is 254 Å². The molecular weight excluding hydrogens is 637 g/mol. The molecule has 3 aromatic carbocycles. The van der Waals surface area contributed by atoms with E-state index in [1.165, 1.54) is 30.8 Å². The maximum Gasteiger partial charge on any atom is 0.269 e. The minimum Gasteiger partial charge on any atom is -1.00 e. The van der Waals surface area contributed by atoms with E-state index in [0.29, 0.717) is 0 Å². The number of para-hydroxylation sites is 2. The number of benzene rings is 3. The zero-order valence-corrected chi connectivity index (χ0v) is 25.7. The Bertz CT molecular complexity index is 1560. The summed E-state index contributed by atoms with van der Waals surface area (Å²) in [5.74, 6) is 0. The molecule has 2 heterocycles. The molecule has 0 saturated heterocycles. The Kier molecular flexibility index (Phi) is 9.99. The van der Waals surface area contributed by atoms with Gasteiger partial charge in [0.05, 0.1) is 15.6 Å². The molecule has 0 atom stereocenters. The van der Waals surface area contributed by atoms with Gasteiger partial charge in [-0.1, -0.05) is 67.3 Å². The van der Waals surface area contributed by atoms with Crippen LogP contribution in [0.1, 0.15) is 37.3 Å². The Morgan fingerprint density at radius 2 is 1.74 bits per heavy atom. The van der Waals surface area contributed by atoms with Crippen molar-refractivity contribution < 1.29 is 33.5 Å². The van der Waals surface area contributed by atoms with E-state index in [9.17, 15) is 10.1 Å². The van der Waals surface area contributed by atoms with Crippen molar-refractivity contribution in [3.63, 3.8) is 0 Å². The van der Waals surface area contributed by atoms with Gasteiger partial charge in [0.2, 0.25) is 5.52 Å². The number of aryl methyl sites for hydroxylation is 1. The molecule has 0 saturated carbocycles. The van der Waals surface area contributed by atoms with Crippen molar-refractivity contribution in [3.05, 3.63) is 117 Å². The van der Waals surface area contributed by atoms with Gasteiger partial charge in [-0.05, 0) is 60.0 Å². The van der Waals surface area contributed by atoms with Crippen molar-refractivity contribution in [2.24, 2.45) is 0 Å². The van der Waals surface area contributed by atoms with Gasteiger partial charge in [0.1, 0.15) is 11.2 Å². The van der Waals surface area contributed by atoms with Crippen molar-refractivity contribution in [1.82, 2.24) is 0 Å². The van der Waals surface area contributed by atoms with Gasteiger partial charge in [-0.15, -0.1) is 0 Å². The van der Waals surface area contributed by atoms with Crippen molar-refractivity contribution in [1.29, 1.82) is 0 Å². The first-order valence-corrected chi connectivity index (χ1v) is 14.5. The molecule has 8 heteroatoms. The molecule has 0 fully saturated rings. The van der Waals surface area contributed by atoms with Gasteiger partial charge in [-0.3, -0.25) is 10.1 Å². The number of halogens is 1. The van der Waals surface area contributed by atoms with E-state index < -0.39 is 0 Å². The van der Waals surface area contributed by atoms with Crippen LogP contribution in [-0.4, -0.2) is 11.5 Å². The lowest BCUT2D eigenvalue weighted by Gasteiger charge is -2.19. The SMILES string of the molecule is CCCN1/C(=C/C=C(/C=C/c2sc3ccccc3[n+]2CCC)c2ccc([N+](=O)[O-])cc2)Sc2ccccc21.[I-]. The van der Waals surface area contributed by atoms with Crippen LogP contribution in [0.2, 0.25) is 0 Å². The molecule has 4 aromatic rings. The second-order valence-electron chi connectivity index (χ2n) is 9.05. The number of anilines is 1. The normalized spacial score (nSPS) is 14.3. The molecule has 5 rings (SSSR count). The number of hydrogen-bond donors (Lipinski definition) is 0. The Morgan fingerprint density at radius 3 is 2.49 bits per heavy atom. The summed E-state index contributed by atoms with van der Waals surface area (Å²) in [7, 11) is 0. The van der Waals surface area contributed by atoms with Crippen LogP contribution in [0.3, 0.4) is 0 Å². The average Bonchev–Trinajstić information content (AvgIpc) is 3.47. The zero-order valence-electron chi connectivity index (χ0n) is 21.9. The molecule has 1 aliphatic heterocycles. The lowest BCUT2D eigenvalue weighted by atomic mass is 10.0. The third-order valence-electron chi connectivity index (χ3n) is 6.39. The van der Waals surface area contributed by atoms with E-state index in [0.717, 1.165) is 37.1 Å². The molecule has 0 aliphatic carbocycles. The van der Waals surface area contributed by atoms with Crippen LogP contribution >= 0.6 is 23.1 Å². The first-order valence-electron chi connectivity index (χ1n) is 12.9. The number of thiazole rings is 1. The molecule has 5 nitrogen and oxygen atoms in total. The van der Waals surface area contributed by atoms with Gasteiger partial charge < -0.3 is 28.9 Å². The maximum atomic E-state index is 11.2. The number of nitrogens with zero attached hydrogens (tertiary/aromatic N) is 3. The van der Waals surface area contributed by atoms with E-state index in [4.69, 9.17) is 0 Å². The Morgan fingerprint density at radius 1 is 1.00 bits per heavy atom. The first-order chi connectivity index (χ1) is 18.6. The predicted octanol–water partition coefficient (Wildman–Crippen LogP) is 5.47. The summed E-state index contributed by atoms with van der Waals surface area (Å²) in [5, 5.41) is 13.6. The number of hydrogen-bond acceptors (Lipinski definition) is 5. The second kappa shape index (κ2) is 13.4. The number of rotatable bonds is 9. The molecule has 39 heavy (non-hydrogen) atoms. The highest BCUT2D eigenvalue weighted by atomic mass is 127. The van der Waals surface area contributed by atoms with Crippen LogP contribution < -0.4 is 33.4 Å². The smallest absolute Gasteiger partial charge is 0.269 e. The highest BCUT2D eigenvalue weighted by Gasteiger charge is 2.23. The quantitative estimate of drug-likeness (QED) is 0.0782. The lowest BCUT2D eigenvalue weighted by molar-refractivity contribution is -0.668. The topological polar surface area (TPSA) is 50.3 Å². The van der Waals surface area contributed by atoms with Crippen LogP contribution in [0.25, 0.3) is 21.9 Å². The predicted molar refractivity (Wildman–Crippen MR) is 160 cm³/mol. The van der Waals surface area contributed by atoms with Gasteiger partial charge in [0.15, 0.2) is 0 Å². The molecule has 0 amide bonds. The summed E-state index contributed by atoms with van der Waals surface area (Å²) >= 11 is 3.56. The molecule has 0 N–H and O–H groups in total. The Hall–Kier alpha value is -2.95. The van der Waals surface area contributed by atoms with Crippen LogP contribution in [0.5, 0.6) is 0 Å². The zero-order chi connectivity index (χ0) is 26.5. The molecule has 0 bridgehead atoms. The summed E-state index contributed by atoms with van der Waals surface area (Å²) < 4.78 is 3.63. The number of fused-ring (bicyclic) bond motifs is 2. The molecule has 0 unspecified atom stereocenters. The maximum absolute atomic E-state index is 11.2. The molecule has 1 aromatic heterocycles. The summed E-state index contributed by atoms with van der Waals surface area (Å²) in [6.07, 6.45) is 10.7. The highest BCUT2D eigenvalue weighted by Crippen LogP contribution is 2.45. The van der Waals surface area contributed by atoms with Crippen LogP contribution in [0, 0.1) is 10.1 Å². The monoisotopic (exact) mass is 667 g/mol. The van der Waals surface area contributed by atoms with Gasteiger partial charge >= 0.3 is 0 Å². The number of nitro groups is 1. The standard InChI is InChI=1S/C31H30N3O2S2.HI/c1-3-21-32-26-9-5-7-11-28(26)37-30(32)19-15-24(23-13-17-25(18-14-23)34(35)36)16-20-31-33(22-4-2)27-10-6-8-12-29(27)38-31;/h5-20H,3-4,21-22H2,1-2H3;1H/q+1;/p-1. The van der Waals surface area contributed by atoms with Crippen molar-refractivity contribution in [2.45, 2.75) is 38.1 Å². The van der Waals surface area contributed by atoms with Crippen molar-refractivity contribution in [2.75, 3.05) is 11.4 Å². The number of aromatic nitrogens is 1. The molecule has 0 spiro atoms. The fraction of sp³-hybridized carbons (Fsp3) is 0.194.